The van der Waals surface area contributed by atoms with E-state index in [2.05, 4.69) is 32.3 Å². The highest BCUT2D eigenvalue weighted by Gasteiger charge is 2.11. The molecule has 0 saturated heterocycles. The smallest absolute Gasteiger partial charge is 0.248 e. The fourth-order valence-corrected chi connectivity index (χ4v) is 3.30. The average Bonchev–Trinajstić information content (AvgIpc) is 2.64. The van der Waals surface area contributed by atoms with Gasteiger partial charge < -0.3 is 10.3 Å². The summed E-state index contributed by atoms with van der Waals surface area (Å²) >= 11 is 3.48. The van der Waals surface area contributed by atoms with Crippen molar-refractivity contribution in [2.75, 3.05) is 5.32 Å². The summed E-state index contributed by atoms with van der Waals surface area (Å²) < 4.78 is 0.942. The summed E-state index contributed by atoms with van der Waals surface area (Å²) in [5.41, 5.74) is 2.95. The van der Waals surface area contributed by atoms with Crippen molar-refractivity contribution < 1.29 is 0 Å². The minimum Gasteiger partial charge on any atom is -0.339 e. The Morgan fingerprint density at radius 1 is 1.12 bits per heavy atom. The summed E-state index contributed by atoms with van der Waals surface area (Å²) in [7, 11) is 0. The standard InChI is InChI=1S/C20H13BrN4O/c1-11-2-3-12(9-22)6-18(11)25-20-15-8-19(26)23-10-16(15)14-7-13(21)4-5-17(14)24-20/h2-8,10H,1H3,(H,23,26)(H,24,25). The van der Waals surface area contributed by atoms with E-state index < -0.39 is 0 Å². The van der Waals surface area contributed by atoms with Crippen LogP contribution in [-0.4, -0.2) is 9.97 Å². The van der Waals surface area contributed by atoms with Crippen molar-refractivity contribution >= 4 is 49.1 Å². The van der Waals surface area contributed by atoms with Gasteiger partial charge in [0.15, 0.2) is 0 Å². The maximum atomic E-state index is 11.9. The molecule has 0 fully saturated rings. The Balaban J connectivity index is 2.00. The number of aryl methyl sites for hydroxylation is 1. The molecule has 0 radical (unpaired) electrons. The Kier molecular flexibility index (Phi) is 3.94. The number of anilines is 2. The van der Waals surface area contributed by atoms with Gasteiger partial charge in [-0.25, -0.2) is 4.98 Å². The maximum absolute atomic E-state index is 11.9. The quantitative estimate of drug-likeness (QED) is 0.471. The van der Waals surface area contributed by atoms with Crippen LogP contribution in [0.25, 0.3) is 21.7 Å². The lowest BCUT2D eigenvalue weighted by molar-refractivity contribution is 1.26. The third-order valence-corrected chi connectivity index (χ3v) is 4.77. The van der Waals surface area contributed by atoms with Gasteiger partial charge in [-0.1, -0.05) is 22.0 Å². The monoisotopic (exact) mass is 404 g/mol. The predicted octanol–water partition coefficient (Wildman–Crippen LogP) is 4.76. The van der Waals surface area contributed by atoms with E-state index in [4.69, 9.17) is 10.2 Å². The van der Waals surface area contributed by atoms with Gasteiger partial charge in [0.1, 0.15) is 5.82 Å². The highest BCUT2D eigenvalue weighted by Crippen LogP contribution is 2.32. The highest BCUT2D eigenvalue weighted by atomic mass is 79.9. The molecule has 0 bridgehead atoms. The molecule has 2 N–H and O–H groups in total. The fraction of sp³-hybridized carbons (Fsp3) is 0.0500. The van der Waals surface area contributed by atoms with Crippen LogP contribution in [0.5, 0.6) is 0 Å². The number of hydrogen-bond donors (Lipinski definition) is 2. The van der Waals surface area contributed by atoms with Crippen LogP contribution in [0.2, 0.25) is 0 Å². The van der Waals surface area contributed by atoms with Crippen molar-refractivity contribution in [3.8, 4) is 6.07 Å². The number of benzene rings is 2. The fourth-order valence-electron chi connectivity index (χ4n) is 2.94. The molecule has 0 spiro atoms. The zero-order chi connectivity index (χ0) is 18.3. The van der Waals surface area contributed by atoms with Gasteiger partial charge in [-0.15, -0.1) is 0 Å². The van der Waals surface area contributed by atoms with Gasteiger partial charge >= 0.3 is 0 Å². The molecular formula is C20H13BrN4O. The Bertz CT molecular complexity index is 1270. The molecular weight excluding hydrogens is 392 g/mol. The van der Waals surface area contributed by atoms with Gasteiger partial charge in [0.25, 0.3) is 0 Å². The zero-order valence-electron chi connectivity index (χ0n) is 13.8. The van der Waals surface area contributed by atoms with Crippen LogP contribution < -0.4 is 10.9 Å². The molecule has 0 aliphatic rings. The Labute approximate surface area is 157 Å². The Hall–Kier alpha value is -3.17. The number of aromatic amines is 1. The zero-order valence-corrected chi connectivity index (χ0v) is 15.4. The predicted molar refractivity (Wildman–Crippen MR) is 107 cm³/mol. The van der Waals surface area contributed by atoms with Crippen molar-refractivity contribution in [3.63, 3.8) is 0 Å². The molecule has 2 aromatic heterocycles. The molecule has 0 unspecified atom stereocenters. The van der Waals surface area contributed by atoms with Gasteiger partial charge in [-0.2, -0.15) is 5.26 Å². The van der Waals surface area contributed by atoms with Gasteiger partial charge in [-0.05, 0) is 42.8 Å². The number of nitrogens with zero attached hydrogens (tertiary/aromatic N) is 2. The molecule has 0 aliphatic carbocycles. The number of rotatable bonds is 2. The van der Waals surface area contributed by atoms with Crippen LogP contribution in [0.4, 0.5) is 11.5 Å². The molecule has 5 nitrogen and oxygen atoms in total. The summed E-state index contributed by atoms with van der Waals surface area (Å²) in [5, 5.41) is 15.0. The molecule has 26 heavy (non-hydrogen) atoms. The van der Waals surface area contributed by atoms with E-state index in [1.807, 2.05) is 31.2 Å². The molecule has 2 heterocycles. The molecule has 126 valence electrons. The summed E-state index contributed by atoms with van der Waals surface area (Å²) in [4.78, 5) is 19.3. The van der Waals surface area contributed by atoms with E-state index in [-0.39, 0.29) is 5.56 Å². The Morgan fingerprint density at radius 2 is 1.96 bits per heavy atom. The minimum atomic E-state index is -0.195. The molecule has 6 heteroatoms. The molecule has 4 aromatic rings. The Morgan fingerprint density at radius 3 is 2.77 bits per heavy atom. The van der Waals surface area contributed by atoms with Crippen molar-refractivity contribution in [1.29, 1.82) is 5.26 Å². The van der Waals surface area contributed by atoms with Gasteiger partial charge in [0.05, 0.1) is 17.1 Å². The molecule has 0 atom stereocenters. The van der Waals surface area contributed by atoms with Crippen molar-refractivity contribution in [1.82, 2.24) is 9.97 Å². The summed E-state index contributed by atoms with van der Waals surface area (Å²) in [5.74, 6) is 0.583. The van der Waals surface area contributed by atoms with Crippen molar-refractivity contribution in [3.05, 3.63) is 74.6 Å². The van der Waals surface area contributed by atoms with E-state index in [0.29, 0.717) is 11.4 Å². The van der Waals surface area contributed by atoms with E-state index >= 15 is 0 Å². The van der Waals surface area contributed by atoms with Crippen LogP contribution in [-0.2, 0) is 0 Å². The van der Waals surface area contributed by atoms with E-state index in [9.17, 15) is 4.79 Å². The first kappa shape index (κ1) is 16.3. The number of nitrogens with one attached hydrogen (secondary N) is 2. The second-order valence-corrected chi connectivity index (χ2v) is 6.93. The molecule has 0 aliphatic heterocycles. The van der Waals surface area contributed by atoms with E-state index in [1.165, 1.54) is 6.07 Å². The second-order valence-electron chi connectivity index (χ2n) is 6.01. The average molecular weight is 405 g/mol. The van der Waals surface area contributed by atoms with Crippen LogP contribution in [0.1, 0.15) is 11.1 Å². The minimum absolute atomic E-state index is 0.195. The molecule has 0 amide bonds. The highest BCUT2D eigenvalue weighted by molar-refractivity contribution is 9.10. The summed E-state index contributed by atoms with van der Waals surface area (Å²) in [6.45, 7) is 1.96. The number of pyridine rings is 2. The lowest BCUT2D eigenvalue weighted by Crippen LogP contribution is -2.05. The van der Waals surface area contributed by atoms with Crippen molar-refractivity contribution in [2.24, 2.45) is 0 Å². The first-order valence-corrected chi connectivity index (χ1v) is 8.74. The van der Waals surface area contributed by atoms with Gasteiger partial charge in [-0.3, -0.25) is 4.79 Å². The summed E-state index contributed by atoms with van der Waals surface area (Å²) in [6, 6.07) is 14.9. The lowest BCUT2D eigenvalue weighted by atomic mass is 10.1. The molecule has 0 saturated carbocycles. The van der Waals surface area contributed by atoms with Crippen molar-refractivity contribution in [2.45, 2.75) is 6.92 Å². The normalized spacial score (nSPS) is 10.8. The van der Waals surface area contributed by atoms with E-state index in [0.717, 1.165) is 37.4 Å². The van der Waals surface area contributed by atoms with Gasteiger partial charge in [0.2, 0.25) is 5.56 Å². The SMILES string of the molecule is Cc1ccc(C#N)cc1Nc1nc2ccc(Br)cc2c2c[nH]c(=O)cc12. The summed E-state index contributed by atoms with van der Waals surface area (Å²) in [6.07, 6.45) is 1.71. The first-order valence-electron chi connectivity index (χ1n) is 7.94. The number of hydrogen-bond acceptors (Lipinski definition) is 4. The largest absolute Gasteiger partial charge is 0.339 e. The lowest BCUT2D eigenvalue weighted by Gasteiger charge is -2.13. The second kappa shape index (κ2) is 6.28. The van der Waals surface area contributed by atoms with Crippen LogP contribution >= 0.6 is 15.9 Å². The number of nitriles is 1. The van der Waals surface area contributed by atoms with Crippen LogP contribution in [0, 0.1) is 18.3 Å². The van der Waals surface area contributed by atoms with E-state index in [1.54, 1.807) is 18.3 Å². The number of fused-ring (bicyclic) bond motifs is 3. The topological polar surface area (TPSA) is 81.6 Å². The molecule has 2 aromatic carbocycles. The van der Waals surface area contributed by atoms with Crippen LogP contribution in [0.3, 0.4) is 0 Å². The van der Waals surface area contributed by atoms with Gasteiger partial charge in [0, 0.05) is 38.6 Å². The number of aromatic nitrogens is 2. The third kappa shape index (κ3) is 2.83. The third-order valence-electron chi connectivity index (χ3n) is 4.28. The number of halogens is 1. The maximum Gasteiger partial charge on any atom is 0.248 e. The first-order chi connectivity index (χ1) is 12.5. The van der Waals surface area contributed by atoms with Crippen LogP contribution in [0.15, 0.2) is 57.9 Å². The molecule has 4 rings (SSSR count). The number of H-pyrrole nitrogens is 1.